The minimum absolute atomic E-state index is 0.0497. The van der Waals surface area contributed by atoms with Gasteiger partial charge in [-0.25, -0.2) is 9.67 Å². The summed E-state index contributed by atoms with van der Waals surface area (Å²) in [7, 11) is 0. The predicted molar refractivity (Wildman–Crippen MR) is 76.8 cm³/mol. The van der Waals surface area contributed by atoms with Gasteiger partial charge in [0.2, 0.25) is 0 Å². The number of phenolic OH excluding ortho intramolecular Hbond substituents is 1. The summed E-state index contributed by atoms with van der Waals surface area (Å²) >= 11 is 0. The molecule has 0 atom stereocenters. The molecule has 1 N–H and O–H groups in total. The zero-order valence-corrected chi connectivity index (χ0v) is 11.7. The first-order chi connectivity index (χ1) is 9.38. The van der Waals surface area contributed by atoms with Crippen LogP contribution in [0.2, 0.25) is 0 Å². The van der Waals surface area contributed by atoms with E-state index in [1.54, 1.807) is 24.3 Å². The number of phenols is 1. The fraction of sp³-hybridized carbons (Fsp3) is 0.267. The van der Waals surface area contributed by atoms with E-state index in [4.69, 9.17) is 0 Å². The number of aromatic nitrogens is 3. The summed E-state index contributed by atoms with van der Waals surface area (Å²) in [4.78, 5) is 16.4. The van der Waals surface area contributed by atoms with Gasteiger partial charge in [-0.2, -0.15) is 5.10 Å². The van der Waals surface area contributed by atoms with Gasteiger partial charge in [0, 0.05) is 5.41 Å². The van der Waals surface area contributed by atoms with E-state index in [1.165, 1.54) is 17.3 Å². The first-order valence-electron chi connectivity index (χ1n) is 6.28. The van der Waals surface area contributed by atoms with E-state index in [-0.39, 0.29) is 11.5 Å². The summed E-state index contributed by atoms with van der Waals surface area (Å²) in [5.41, 5.74) is 0.614. The summed E-state index contributed by atoms with van der Waals surface area (Å²) in [6.07, 6.45) is 4.56. The molecule has 1 aromatic heterocycles. The molecule has 0 fully saturated rings. The second kappa shape index (κ2) is 5.28. The number of ketones is 1. The number of hydrogen-bond acceptors (Lipinski definition) is 4. The molecule has 0 aliphatic carbocycles. The largest absolute Gasteiger partial charge is 0.508 e. The number of hydrogen-bond donors (Lipinski definition) is 1. The van der Waals surface area contributed by atoms with Crippen molar-refractivity contribution in [1.29, 1.82) is 0 Å². The fourth-order valence-corrected chi connectivity index (χ4v) is 1.73. The van der Waals surface area contributed by atoms with Gasteiger partial charge >= 0.3 is 0 Å². The van der Waals surface area contributed by atoms with Crippen molar-refractivity contribution in [1.82, 2.24) is 14.8 Å². The first-order valence-corrected chi connectivity index (χ1v) is 6.28. The van der Waals surface area contributed by atoms with Crippen LogP contribution in [0.1, 0.15) is 26.3 Å². The molecule has 20 heavy (non-hydrogen) atoms. The number of aromatic hydroxyl groups is 1. The molecule has 0 aliphatic heterocycles. The molecule has 1 aromatic carbocycles. The van der Waals surface area contributed by atoms with Crippen molar-refractivity contribution in [3.63, 3.8) is 0 Å². The van der Waals surface area contributed by atoms with Crippen molar-refractivity contribution in [3.8, 4) is 5.75 Å². The van der Waals surface area contributed by atoms with Crippen molar-refractivity contribution >= 4 is 17.6 Å². The lowest BCUT2D eigenvalue weighted by molar-refractivity contribution is -0.120. The summed E-state index contributed by atoms with van der Waals surface area (Å²) in [5.74, 6) is 0.103. The highest BCUT2D eigenvalue weighted by Crippen LogP contribution is 2.24. The standard InChI is InChI=1S/C15H17N3O2/c1-15(2,3)14(20)13(18-10-16-9-17-18)8-11-5-4-6-12(19)7-11/h4-10,19H,1-3H3/b13-8-. The molecular formula is C15H17N3O2. The minimum Gasteiger partial charge on any atom is -0.508 e. The Hall–Kier alpha value is -2.43. The maximum Gasteiger partial charge on any atom is 0.186 e. The maximum absolute atomic E-state index is 12.5. The Bertz CT molecular complexity index is 637. The zero-order valence-electron chi connectivity index (χ0n) is 11.7. The number of nitrogens with zero attached hydrogens (tertiary/aromatic N) is 3. The van der Waals surface area contributed by atoms with Crippen molar-refractivity contribution < 1.29 is 9.90 Å². The molecule has 2 aromatic rings. The van der Waals surface area contributed by atoms with Crippen LogP contribution in [0, 0.1) is 5.41 Å². The van der Waals surface area contributed by atoms with E-state index < -0.39 is 5.41 Å². The van der Waals surface area contributed by atoms with Gasteiger partial charge in [-0.05, 0) is 23.8 Å². The van der Waals surface area contributed by atoms with Gasteiger partial charge in [0.25, 0.3) is 0 Å². The molecule has 5 nitrogen and oxygen atoms in total. The summed E-state index contributed by atoms with van der Waals surface area (Å²) in [5, 5.41) is 13.5. The molecular weight excluding hydrogens is 254 g/mol. The van der Waals surface area contributed by atoms with Gasteiger partial charge in [-0.15, -0.1) is 0 Å². The highest BCUT2D eigenvalue weighted by Gasteiger charge is 2.26. The third-order valence-corrected chi connectivity index (χ3v) is 2.75. The molecule has 0 unspecified atom stereocenters. The number of allylic oxidation sites excluding steroid dienone is 1. The Labute approximate surface area is 117 Å². The van der Waals surface area contributed by atoms with Crippen LogP contribution in [0.5, 0.6) is 5.75 Å². The lowest BCUT2D eigenvalue weighted by Gasteiger charge is -2.18. The molecule has 104 valence electrons. The fourth-order valence-electron chi connectivity index (χ4n) is 1.73. The Morgan fingerprint density at radius 2 is 2.10 bits per heavy atom. The molecule has 2 rings (SSSR count). The Morgan fingerprint density at radius 1 is 1.35 bits per heavy atom. The van der Waals surface area contributed by atoms with Crippen LogP contribution in [-0.4, -0.2) is 25.7 Å². The number of carbonyl (C=O) groups excluding carboxylic acids is 1. The average molecular weight is 271 g/mol. The Morgan fingerprint density at radius 3 is 2.65 bits per heavy atom. The van der Waals surface area contributed by atoms with E-state index in [2.05, 4.69) is 10.1 Å². The number of rotatable bonds is 3. The van der Waals surface area contributed by atoms with Crippen molar-refractivity contribution in [2.45, 2.75) is 20.8 Å². The van der Waals surface area contributed by atoms with Gasteiger partial charge in [0.15, 0.2) is 5.78 Å². The van der Waals surface area contributed by atoms with Gasteiger partial charge in [0.05, 0.1) is 0 Å². The van der Waals surface area contributed by atoms with Gasteiger partial charge in [-0.1, -0.05) is 32.9 Å². The SMILES string of the molecule is CC(C)(C)C(=O)/C(=C/c1cccc(O)c1)n1cncn1. The first kappa shape index (κ1) is 14.0. The maximum atomic E-state index is 12.5. The van der Waals surface area contributed by atoms with Crippen LogP contribution in [0.4, 0.5) is 0 Å². The summed E-state index contributed by atoms with van der Waals surface area (Å²) in [6, 6.07) is 6.71. The van der Waals surface area contributed by atoms with Crippen LogP contribution in [0.25, 0.3) is 11.8 Å². The van der Waals surface area contributed by atoms with E-state index in [0.29, 0.717) is 5.70 Å². The van der Waals surface area contributed by atoms with Crippen molar-refractivity contribution in [2.75, 3.05) is 0 Å². The van der Waals surface area contributed by atoms with Crippen LogP contribution < -0.4 is 0 Å². The normalized spacial score (nSPS) is 12.4. The van der Waals surface area contributed by atoms with Crippen molar-refractivity contribution in [2.24, 2.45) is 5.41 Å². The lowest BCUT2D eigenvalue weighted by Crippen LogP contribution is -2.24. The van der Waals surface area contributed by atoms with Gasteiger partial charge in [-0.3, -0.25) is 4.79 Å². The molecule has 0 bridgehead atoms. The zero-order chi connectivity index (χ0) is 14.8. The summed E-state index contributed by atoms with van der Waals surface area (Å²) in [6.45, 7) is 5.55. The molecule has 0 saturated heterocycles. The minimum atomic E-state index is -0.533. The molecule has 0 saturated carbocycles. The number of Topliss-reactive ketones (excluding diaryl/α,β-unsaturated/α-hetero) is 1. The molecule has 0 radical (unpaired) electrons. The van der Waals surface area contributed by atoms with Crippen LogP contribution in [0.15, 0.2) is 36.9 Å². The van der Waals surface area contributed by atoms with Crippen LogP contribution in [0.3, 0.4) is 0 Å². The second-order valence-corrected chi connectivity index (χ2v) is 5.54. The van der Waals surface area contributed by atoms with E-state index in [9.17, 15) is 9.90 Å². The highest BCUT2D eigenvalue weighted by molar-refractivity contribution is 6.21. The van der Waals surface area contributed by atoms with Gasteiger partial charge in [0.1, 0.15) is 24.1 Å². The number of benzene rings is 1. The highest BCUT2D eigenvalue weighted by atomic mass is 16.3. The van der Waals surface area contributed by atoms with Crippen LogP contribution >= 0.6 is 0 Å². The average Bonchev–Trinajstić information content (AvgIpc) is 2.87. The topological polar surface area (TPSA) is 68.0 Å². The Kier molecular flexibility index (Phi) is 3.70. The van der Waals surface area contributed by atoms with Crippen LogP contribution in [-0.2, 0) is 4.79 Å². The quantitative estimate of drug-likeness (QED) is 0.871. The van der Waals surface area contributed by atoms with Gasteiger partial charge < -0.3 is 5.11 Å². The third kappa shape index (κ3) is 3.12. The number of carbonyl (C=O) groups is 1. The molecule has 0 amide bonds. The van der Waals surface area contributed by atoms with E-state index in [0.717, 1.165) is 5.56 Å². The molecule has 0 spiro atoms. The molecule has 0 aliphatic rings. The lowest BCUT2D eigenvalue weighted by atomic mass is 9.88. The molecule has 5 heteroatoms. The molecule has 1 heterocycles. The van der Waals surface area contributed by atoms with E-state index in [1.807, 2.05) is 26.8 Å². The van der Waals surface area contributed by atoms with Crippen molar-refractivity contribution in [3.05, 3.63) is 42.5 Å². The monoisotopic (exact) mass is 271 g/mol. The van der Waals surface area contributed by atoms with E-state index >= 15 is 0 Å². The third-order valence-electron chi connectivity index (χ3n) is 2.75. The predicted octanol–water partition coefficient (Wildman–Crippen LogP) is 2.60. The summed E-state index contributed by atoms with van der Waals surface area (Å²) < 4.78 is 1.44. The Balaban J connectivity index is 2.50. The second-order valence-electron chi connectivity index (χ2n) is 5.54. The smallest absolute Gasteiger partial charge is 0.186 e.